The molecule has 8 heteroatoms. The van der Waals surface area contributed by atoms with E-state index in [-0.39, 0.29) is 11.1 Å². The van der Waals surface area contributed by atoms with Gasteiger partial charge in [-0.15, -0.1) is 0 Å². The van der Waals surface area contributed by atoms with E-state index < -0.39 is 37.7 Å². The summed E-state index contributed by atoms with van der Waals surface area (Å²) in [7, 11) is -2.10. The maximum absolute atomic E-state index is 13.0. The van der Waals surface area contributed by atoms with Crippen molar-refractivity contribution in [2.24, 2.45) is 5.41 Å². The summed E-state index contributed by atoms with van der Waals surface area (Å²) in [6, 6.07) is 0. The van der Waals surface area contributed by atoms with Crippen LogP contribution in [0.5, 0.6) is 0 Å². The van der Waals surface area contributed by atoms with E-state index in [4.69, 9.17) is 13.9 Å². The van der Waals surface area contributed by atoms with Crippen molar-refractivity contribution in [3.05, 3.63) is 0 Å². The lowest BCUT2D eigenvalue weighted by molar-refractivity contribution is -0.196. The SMILES string of the molecule is CCC1(C(=O)OC(O)[C@H](C)O[Si](C)(C)C(C)(C)C)CCN(C(=O)OC(C)(C)C)CC1. The number of likely N-dealkylation sites (tertiary alicyclic amines) is 1. The first-order valence-corrected chi connectivity index (χ1v) is 13.9. The molecule has 0 aliphatic carbocycles. The highest BCUT2D eigenvalue weighted by molar-refractivity contribution is 6.74. The summed E-state index contributed by atoms with van der Waals surface area (Å²) < 4.78 is 17.0. The highest BCUT2D eigenvalue weighted by Crippen LogP contribution is 2.39. The molecule has 0 aromatic rings. The fraction of sp³-hybridized carbons (Fsp3) is 0.909. The molecule has 1 amide bonds. The van der Waals surface area contributed by atoms with Crippen LogP contribution in [0.3, 0.4) is 0 Å². The minimum atomic E-state index is -2.10. The van der Waals surface area contributed by atoms with Crippen LogP contribution in [0.2, 0.25) is 18.1 Å². The number of hydrogen-bond acceptors (Lipinski definition) is 6. The Morgan fingerprint density at radius 3 is 2.00 bits per heavy atom. The highest BCUT2D eigenvalue weighted by atomic mass is 28.4. The molecular weight excluding hydrogens is 402 g/mol. The average Bonchev–Trinajstić information content (AvgIpc) is 2.58. The van der Waals surface area contributed by atoms with Crippen molar-refractivity contribution < 1.29 is 28.6 Å². The maximum Gasteiger partial charge on any atom is 0.410 e. The molecule has 1 aliphatic rings. The van der Waals surface area contributed by atoms with Gasteiger partial charge in [0.25, 0.3) is 0 Å². The van der Waals surface area contributed by atoms with Crippen LogP contribution >= 0.6 is 0 Å². The Bertz CT molecular complexity index is 600. The molecule has 1 fully saturated rings. The van der Waals surface area contributed by atoms with Crippen LogP contribution in [0, 0.1) is 5.41 Å². The fourth-order valence-corrected chi connectivity index (χ4v) is 4.58. The van der Waals surface area contributed by atoms with Crippen LogP contribution < -0.4 is 0 Å². The Kier molecular flexibility index (Phi) is 8.58. The molecule has 0 radical (unpaired) electrons. The molecule has 1 N–H and O–H groups in total. The number of nitrogens with zero attached hydrogens (tertiary/aromatic N) is 1. The van der Waals surface area contributed by atoms with Gasteiger partial charge in [0.15, 0.2) is 8.32 Å². The number of hydrogen-bond donors (Lipinski definition) is 1. The molecule has 0 bridgehead atoms. The predicted molar refractivity (Wildman–Crippen MR) is 120 cm³/mol. The molecule has 1 rings (SSSR count). The summed E-state index contributed by atoms with van der Waals surface area (Å²) in [5.41, 5.74) is -1.27. The van der Waals surface area contributed by atoms with Crippen molar-refractivity contribution in [1.29, 1.82) is 0 Å². The minimum absolute atomic E-state index is 0.00980. The molecule has 0 aromatic carbocycles. The second-order valence-corrected chi connectivity index (χ2v) is 15.7. The first-order valence-electron chi connectivity index (χ1n) is 11.0. The van der Waals surface area contributed by atoms with Crippen molar-refractivity contribution in [2.45, 2.75) is 111 Å². The molecule has 30 heavy (non-hydrogen) atoms. The first-order chi connectivity index (χ1) is 13.4. The Balaban J connectivity index is 2.72. The molecule has 0 aromatic heterocycles. The molecule has 0 spiro atoms. The third-order valence-electron chi connectivity index (χ3n) is 6.40. The van der Waals surface area contributed by atoms with Gasteiger partial charge in [-0.2, -0.15) is 0 Å². The Morgan fingerprint density at radius 2 is 1.60 bits per heavy atom. The summed E-state index contributed by atoms with van der Waals surface area (Å²) in [6.45, 7) is 20.6. The molecule has 2 atom stereocenters. The molecule has 1 heterocycles. The fourth-order valence-electron chi connectivity index (χ4n) is 3.18. The Labute approximate surface area is 183 Å². The number of carbonyl (C=O) groups excluding carboxylic acids is 2. The summed E-state index contributed by atoms with van der Waals surface area (Å²) in [4.78, 5) is 26.9. The second-order valence-electron chi connectivity index (χ2n) is 11.0. The van der Waals surface area contributed by atoms with Crippen LogP contribution in [-0.4, -0.2) is 61.5 Å². The normalized spacial score (nSPS) is 19.8. The van der Waals surface area contributed by atoms with Crippen molar-refractivity contribution in [2.75, 3.05) is 13.1 Å². The number of amides is 1. The number of esters is 1. The molecule has 1 unspecified atom stereocenters. The Morgan fingerprint density at radius 1 is 1.10 bits per heavy atom. The summed E-state index contributed by atoms with van der Waals surface area (Å²) in [5.74, 6) is -0.424. The molecule has 1 aliphatic heterocycles. The van der Waals surface area contributed by atoms with Gasteiger partial charge in [0, 0.05) is 13.1 Å². The van der Waals surface area contributed by atoms with Crippen LogP contribution in [0.1, 0.15) is 74.7 Å². The van der Waals surface area contributed by atoms with Gasteiger partial charge in [-0.25, -0.2) is 4.79 Å². The zero-order chi connectivity index (χ0) is 23.5. The van der Waals surface area contributed by atoms with E-state index in [1.807, 2.05) is 27.7 Å². The number of carbonyl (C=O) groups is 2. The van der Waals surface area contributed by atoms with Crippen LogP contribution in [0.25, 0.3) is 0 Å². The van der Waals surface area contributed by atoms with Crippen LogP contribution in [0.15, 0.2) is 0 Å². The van der Waals surface area contributed by atoms with E-state index >= 15 is 0 Å². The van der Waals surface area contributed by atoms with E-state index in [2.05, 4.69) is 33.9 Å². The molecule has 7 nitrogen and oxygen atoms in total. The van der Waals surface area contributed by atoms with Crippen molar-refractivity contribution in [3.63, 3.8) is 0 Å². The third-order valence-corrected chi connectivity index (χ3v) is 11.0. The zero-order valence-corrected chi connectivity index (χ0v) is 21.6. The summed E-state index contributed by atoms with van der Waals surface area (Å²) in [5, 5.41) is 10.5. The summed E-state index contributed by atoms with van der Waals surface area (Å²) in [6.07, 6.45) is -0.753. The van der Waals surface area contributed by atoms with Crippen LogP contribution in [0.4, 0.5) is 4.79 Å². The second kappa shape index (κ2) is 9.57. The largest absolute Gasteiger partial charge is 0.444 e. The highest BCUT2D eigenvalue weighted by Gasteiger charge is 2.45. The van der Waals surface area contributed by atoms with Gasteiger partial charge in [-0.3, -0.25) is 4.79 Å². The zero-order valence-electron chi connectivity index (χ0n) is 20.6. The number of ether oxygens (including phenoxy) is 2. The van der Waals surface area contributed by atoms with Crippen molar-refractivity contribution >= 4 is 20.4 Å². The van der Waals surface area contributed by atoms with E-state index in [0.29, 0.717) is 32.4 Å². The van der Waals surface area contributed by atoms with Gasteiger partial charge in [0.05, 0.1) is 5.41 Å². The van der Waals surface area contributed by atoms with Crippen molar-refractivity contribution in [1.82, 2.24) is 4.90 Å². The molecule has 0 saturated carbocycles. The van der Waals surface area contributed by atoms with Gasteiger partial charge in [0.2, 0.25) is 6.29 Å². The van der Waals surface area contributed by atoms with Crippen LogP contribution in [-0.2, 0) is 18.7 Å². The lowest BCUT2D eigenvalue weighted by Crippen LogP contribution is -2.50. The van der Waals surface area contributed by atoms with E-state index in [1.165, 1.54) is 0 Å². The van der Waals surface area contributed by atoms with Crippen molar-refractivity contribution in [3.8, 4) is 0 Å². The average molecular weight is 446 g/mol. The number of piperidine rings is 1. The third kappa shape index (κ3) is 6.95. The minimum Gasteiger partial charge on any atom is -0.444 e. The van der Waals surface area contributed by atoms with E-state index in [9.17, 15) is 14.7 Å². The first kappa shape index (κ1) is 26.9. The van der Waals surface area contributed by atoms with Gasteiger partial charge >= 0.3 is 12.1 Å². The lowest BCUT2D eigenvalue weighted by atomic mass is 9.76. The van der Waals surface area contributed by atoms with Gasteiger partial charge in [0.1, 0.15) is 11.7 Å². The molecule has 176 valence electrons. The number of aliphatic hydroxyl groups is 1. The molecule has 1 saturated heterocycles. The topological polar surface area (TPSA) is 85.3 Å². The quantitative estimate of drug-likeness (QED) is 0.363. The maximum atomic E-state index is 13.0. The predicted octanol–water partition coefficient (Wildman–Crippen LogP) is 4.69. The number of rotatable bonds is 6. The van der Waals surface area contributed by atoms with Gasteiger partial charge in [-0.05, 0) is 65.1 Å². The smallest absolute Gasteiger partial charge is 0.410 e. The van der Waals surface area contributed by atoms with E-state index in [0.717, 1.165) is 0 Å². The Hall–Kier alpha value is -1.12. The van der Waals surface area contributed by atoms with E-state index in [1.54, 1.807) is 11.8 Å². The summed E-state index contributed by atoms with van der Waals surface area (Å²) >= 11 is 0. The van der Waals surface area contributed by atoms with Gasteiger partial charge < -0.3 is 23.9 Å². The monoisotopic (exact) mass is 445 g/mol. The van der Waals surface area contributed by atoms with Gasteiger partial charge in [-0.1, -0.05) is 27.7 Å². The standard InChI is InChI=1S/C22H43NO6Si/c1-11-22(12-14-23(15-13-22)19(26)28-20(3,4)5)18(25)27-17(24)16(2)29-30(9,10)21(6,7)8/h16-17,24H,11-15H2,1-10H3/t16-,17?/m0/s1. The number of aliphatic hydroxyl groups excluding tert-OH is 1. The lowest BCUT2D eigenvalue weighted by Gasteiger charge is -2.41. The molecular formula is C22H43NO6Si.